The summed E-state index contributed by atoms with van der Waals surface area (Å²) in [5, 5.41) is 7.03. The van der Waals surface area contributed by atoms with Crippen LogP contribution in [-0.4, -0.2) is 16.0 Å². The molecule has 1 aromatic carbocycles. The van der Waals surface area contributed by atoms with Gasteiger partial charge in [-0.15, -0.1) is 0 Å². The lowest BCUT2D eigenvalue weighted by Crippen LogP contribution is -2.30. The molecule has 3 aromatic rings. The van der Waals surface area contributed by atoms with Crippen molar-refractivity contribution in [2.24, 2.45) is 0 Å². The predicted octanol–water partition coefficient (Wildman–Crippen LogP) is 3.52. The van der Waals surface area contributed by atoms with Gasteiger partial charge < -0.3 is 9.84 Å². The molecule has 2 aromatic heterocycles. The molecular formula is C20H21N3O2. The van der Waals surface area contributed by atoms with Crippen LogP contribution in [0.5, 0.6) is 0 Å². The maximum Gasteiger partial charge on any atom is 0.221 e. The number of aromatic nitrogens is 2. The number of hydrogen-bond acceptors (Lipinski definition) is 4. The van der Waals surface area contributed by atoms with Gasteiger partial charge in [0.15, 0.2) is 0 Å². The summed E-state index contributed by atoms with van der Waals surface area (Å²) in [7, 11) is 0. The highest BCUT2D eigenvalue weighted by atomic mass is 16.5. The maximum atomic E-state index is 12.5. The van der Waals surface area contributed by atoms with Crippen molar-refractivity contribution >= 4 is 5.91 Å². The first-order valence-electron chi connectivity index (χ1n) is 8.32. The van der Waals surface area contributed by atoms with Gasteiger partial charge in [-0.2, -0.15) is 0 Å². The molecule has 128 valence electrons. The third-order valence-electron chi connectivity index (χ3n) is 4.21. The molecule has 25 heavy (non-hydrogen) atoms. The van der Waals surface area contributed by atoms with Crippen molar-refractivity contribution in [3.63, 3.8) is 0 Å². The molecule has 5 heteroatoms. The van der Waals surface area contributed by atoms with Crippen LogP contribution in [0.4, 0.5) is 0 Å². The van der Waals surface area contributed by atoms with Gasteiger partial charge in [-0.1, -0.05) is 41.6 Å². The van der Waals surface area contributed by atoms with Gasteiger partial charge in [0.05, 0.1) is 17.4 Å². The first-order valence-corrected chi connectivity index (χ1v) is 8.32. The molecule has 0 aliphatic rings. The maximum absolute atomic E-state index is 12.5. The molecule has 0 saturated carbocycles. The fourth-order valence-corrected chi connectivity index (χ4v) is 2.85. The average molecular weight is 335 g/mol. The Kier molecular flexibility index (Phi) is 5.23. The topological polar surface area (TPSA) is 68.0 Å². The Labute approximate surface area is 147 Å². The van der Waals surface area contributed by atoms with Gasteiger partial charge in [-0.25, -0.2) is 0 Å². The molecule has 1 amide bonds. The number of rotatable bonds is 6. The van der Waals surface area contributed by atoms with E-state index in [4.69, 9.17) is 4.52 Å². The van der Waals surface area contributed by atoms with Crippen molar-refractivity contribution in [3.05, 3.63) is 83.0 Å². The molecule has 3 rings (SSSR count). The number of carbonyl (C=O) groups is 1. The minimum atomic E-state index is -0.264. The van der Waals surface area contributed by atoms with Crippen LogP contribution < -0.4 is 5.32 Å². The molecule has 0 aliphatic heterocycles. The second-order valence-corrected chi connectivity index (χ2v) is 5.97. The molecule has 0 unspecified atom stereocenters. The van der Waals surface area contributed by atoms with Crippen molar-refractivity contribution in [2.45, 2.75) is 32.7 Å². The zero-order valence-electron chi connectivity index (χ0n) is 14.4. The molecule has 1 atom stereocenters. The van der Waals surface area contributed by atoms with Crippen LogP contribution in [0.3, 0.4) is 0 Å². The predicted molar refractivity (Wildman–Crippen MR) is 95.0 cm³/mol. The first kappa shape index (κ1) is 16.9. The second kappa shape index (κ2) is 7.75. The van der Waals surface area contributed by atoms with Crippen LogP contribution in [0.15, 0.2) is 59.3 Å². The van der Waals surface area contributed by atoms with Crippen molar-refractivity contribution in [1.29, 1.82) is 0 Å². The van der Waals surface area contributed by atoms with Gasteiger partial charge in [-0.05, 0) is 38.0 Å². The summed E-state index contributed by atoms with van der Waals surface area (Å²) in [6, 6.07) is 15.3. The number of benzene rings is 1. The van der Waals surface area contributed by atoms with Gasteiger partial charge in [0, 0.05) is 18.2 Å². The number of carbonyl (C=O) groups excluding carboxylic acids is 1. The number of nitrogens with zero attached hydrogens (tertiary/aromatic N) is 2. The van der Waals surface area contributed by atoms with Gasteiger partial charge in [-0.3, -0.25) is 9.78 Å². The van der Waals surface area contributed by atoms with Gasteiger partial charge in [0.1, 0.15) is 5.76 Å². The Morgan fingerprint density at radius 2 is 1.88 bits per heavy atom. The number of pyridine rings is 1. The van der Waals surface area contributed by atoms with E-state index in [-0.39, 0.29) is 11.9 Å². The van der Waals surface area contributed by atoms with E-state index in [1.807, 2.05) is 62.4 Å². The van der Waals surface area contributed by atoms with E-state index < -0.39 is 0 Å². The Morgan fingerprint density at radius 3 is 2.52 bits per heavy atom. The zero-order valence-corrected chi connectivity index (χ0v) is 14.4. The number of nitrogens with one attached hydrogen (secondary N) is 1. The molecular weight excluding hydrogens is 314 g/mol. The Morgan fingerprint density at radius 1 is 1.12 bits per heavy atom. The SMILES string of the molecule is Cc1noc(C)c1CCC(=O)N[C@@H](c1ccccc1)c1ccccn1. The van der Waals surface area contributed by atoms with Crippen LogP contribution in [0.1, 0.15) is 40.7 Å². The monoisotopic (exact) mass is 335 g/mol. The van der Waals surface area contributed by atoms with E-state index in [9.17, 15) is 4.79 Å². The average Bonchev–Trinajstić information content (AvgIpc) is 2.97. The normalized spacial score (nSPS) is 11.9. The summed E-state index contributed by atoms with van der Waals surface area (Å²) >= 11 is 0. The molecule has 0 bridgehead atoms. The van der Waals surface area contributed by atoms with Gasteiger partial charge in [0.2, 0.25) is 5.91 Å². The van der Waals surface area contributed by atoms with Gasteiger partial charge >= 0.3 is 0 Å². The fourth-order valence-electron chi connectivity index (χ4n) is 2.85. The second-order valence-electron chi connectivity index (χ2n) is 5.97. The zero-order chi connectivity index (χ0) is 17.6. The van der Waals surface area contributed by atoms with Crippen LogP contribution in [0, 0.1) is 13.8 Å². The summed E-state index contributed by atoms with van der Waals surface area (Å²) < 4.78 is 5.16. The highest BCUT2D eigenvalue weighted by Crippen LogP contribution is 2.20. The third-order valence-corrected chi connectivity index (χ3v) is 4.21. The van der Waals surface area contributed by atoms with Crippen molar-refractivity contribution in [2.75, 3.05) is 0 Å². The molecule has 0 aliphatic carbocycles. The molecule has 2 heterocycles. The molecule has 1 N–H and O–H groups in total. The van der Waals surface area contributed by atoms with E-state index in [0.29, 0.717) is 12.8 Å². The van der Waals surface area contributed by atoms with Crippen LogP contribution >= 0.6 is 0 Å². The van der Waals surface area contributed by atoms with E-state index >= 15 is 0 Å². The number of hydrogen-bond donors (Lipinski definition) is 1. The van der Waals surface area contributed by atoms with Gasteiger partial charge in [0.25, 0.3) is 0 Å². The summed E-state index contributed by atoms with van der Waals surface area (Å²) in [5.74, 6) is 0.745. The molecule has 0 radical (unpaired) electrons. The highest BCUT2D eigenvalue weighted by molar-refractivity contribution is 5.77. The highest BCUT2D eigenvalue weighted by Gasteiger charge is 2.18. The Balaban J connectivity index is 1.73. The van der Waals surface area contributed by atoms with Crippen molar-refractivity contribution in [1.82, 2.24) is 15.5 Å². The lowest BCUT2D eigenvalue weighted by molar-refractivity contribution is -0.121. The van der Waals surface area contributed by atoms with Crippen molar-refractivity contribution < 1.29 is 9.32 Å². The van der Waals surface area contributed by atoms with Crippen LogP contribution in [-0.2, 0) is 11.2 Å². The van der Waals surface area contributed by atoms with E-state index in [1.54, 1.807) is 6.20 Å². The quantitative estimate of drug-likeness (QED) is 0.748. The van der Waals surface area contributed by atoms with Crippen molar-refractivity contribution in [3.8, 4) is 0 Å². The number of aryl methyl sites for hydroxylation is 2. The number of amides is 1. The molecule has 5 nitrogen and oxygen atoms in total. The molecule has 0 saturated heterocycles. The van der Waals surface area contributed by atoms with Crippen LogP contribution in [0.25, 0.3) is 0 Å². The lowest BCUT2D eigenvalue weighted by atomic mass is 10.0. The standard InChI is InChI=1S/C20H21N3O2/c1-14-17(15(2)25-23-14)11-12-19(24)22-20(16-8-4-3-5-9-16)18-10-6-7-13-21-18/h3-10,13,20H,11-12H2,1-2H3,(H,22,24)/t20-/m0/s1. The minimum absolute atomic E-state index is 0.0282. The van der Waals surface area contributed by atoms with Crippen LogP contribution in [0.2, 0.25) is 0 Å². The van der Waals surface area contributed by atoms with E-state index in [2.05, 4.69) is 15.5 Å². The Bertz CT molecular complexity index is 770. The smallest absolute Gasteiger partial charge is 0.221 e. The molecule has 0 spiro atoms. The minimum Gasteiger partial charge on any atom is -0.361 e. The van der Waals surface area contributed by atoms with E-state index in [0.717, 1.165) is 28.3 Å². The lowest BCUT2D eigenvalue weighted by Gasteiger charge is -2.19. The first-order chi connectivity index (χ1) is 12.1. The van der Waals surface area contributed by atoms with E-state index in [1.165, 1.54) is 0 Å². The molecule has 0 fully saturated rings. The fraction of sp³-hybridized carbons (Fsp3) is 0.250. The summed E-state index contributed by atoms with van der Waals surface area (Å²) in [4.78, 5) is 16.9. The third kappa shape index (κ3) is 4.12. The largest absolute Gasteiger partial charge is 0.361 e. The summed E-state index contributed by atoms with van der Waals surface area (Å²) in [6.45, 7) is 3.76. The Hall–Kier alpha value is -2.95. The summed E-state index contributed by atoms with van der Waals surface area (Å²) in [6.07, 6.45) is 2.72. The summed E-state index contributed by atoms with van der Waals surface area (Å²) in [5.41, 5.74) is 3.67.